The molecule has 1 aliphatic rings. The largest absolute Gasteiger partial charge is 0.344 e. The maximum absolute atomic E-state index is 12.8. The van der Waals surface area contributed by atoms with Crippen LogP contribution in [-0.2, 0) is 16.6 Å². The van der Waals surface area contributed by atoms with E-state index in [1.165, 1.54) is 16.4 Å². The van der Waals surface area contributed by atoms with Gasteiger partial charge in [-0.3, -0.25) is 4.79 Å². The third-order valence-electron chi connectivity index (χ3n) is 5.39. The van der Waals surface area contributed by atoms with E-state index in [0.717, 1.165) is 30.4 Å². The number of sulfonamides is 1. The highest BCUT2D eigenvalue weighted by atomic mass is 32.2. The molecule has 1 aliphatic heterocycles. The van der Waals surface area contributed by atoms with Crippen molar-refractivity contribution in [3.8, 4) is 11.4 Å². The third kappa shape index (κ3) is 4.67. The zero-order valence-corrected chi connectivity index (χ0v) is 18.1. The molecule has 4 rings (SSSR count). The Kier molecular flexibility index (Phi) is 6.15. The second kappa shape index (κ2) is 8.99. The molecule has 31 heavy (non-hydrogen) atoms. The fourth-order valence-corrected chi connectivity index (χ4v) is 5.04. The molecule has 0 aliphatic carbocycles. The van der Waals surface area contributed by atoms with Gasteiger partial charge in [0.2, 0.25) is 15.8 Å². The normalized spacial score (nSPS) is 15.0. The minimum atomic E-state index is -3.50. The number of nitrogens with one attached hydrogen (secondary N) is 1. The summed E-state index contributed by atoms with van der Waals surface area (Å²) in [6, 6.07) is 14.1. The van der Waals surface area contributed by atoms with Crippen molar-refractivity contribution in [1.82, 2.24) is 19.8 Å². The summed E-state index contributed by atoms with van der Waals surface area (Å²) in [7, 11) is -3.50. The number of aryl methyl sites for hydroxylation is 1. The van der Waals surface area contributed by atoms with Gasteiger partial charge in [0.1, 0.15) is 0 Å². The lowest BCUT2D eigenvalue weighted by molar-refractivity contribution is 0.0907. The van der Waals surface area contributed by atoms with Crippen molar-refractivity contribution in [3.63, 3.8) is 0 Å². The van der Waals surface area contributed by atoms with Gasteiger partial charge in [-0.2, -0.15) is 9.29 Å². The molecule has 0 atom stereocenters. The number of benzene rings is 2. The smallest absolute Gasteiger partial charge is 0.316 e. The Labute approximate surface area is 181 Å². The lowest BCUT2D eigenvalue weighted by Gasteiger charge is -2.25. The second-order valence-electron chi connectivity index (χ2n) is 7.52. The topological polar surface area (TPSA) is 105 Å². The van der Waals surface area contributed by atoms with E-state index in [0.29, 0.717) is 25.2 Å². The van der Waals surface area contributed by atoms with Gasteiger partial charge in [-0.25, -0.2) is 8.42 Å². The summed E-state index contributed by atoms with van der Waals surface area (Å²) >= 11 is 0. The number of carbonyl (C=O) groups excluding carboxylic acids is 1. The first-order valence-electron chi connectivity index (χ1n) is 10.2. The van der Waals surface area contributed by atoms with E-state index in [4.69, 9.17) is 4.52 Å². The Hall–Kier alpha value is -3.04. The molecule has 1 aromatic heterocycles. The zero-order valence-electron chi connectivity index (χ0n) is 17.2. The Morgan fingerprint density at radius 3 is 2.48 bits per heavy atom. The quantitative estimate of drug-likeness (QED) is 0.631. The molecular weight excluding hydrogens is 416 g/mol. The average molecular weight is 441 g/mol. The van der Waals surface area contributed by atoms with Crippen molar-refractivity contribution in [1.29, 1.82) is 0 Å². The molecule has 3 aromatic rings. The van der Waals surface area contributed by atoms with Gasteiger partial charge < -0.3 is 9.84 Å². The second-order valence-corrected chi connectivity index (χ2v) is 9.46. The molecule has 1 fully saturated rings. The molecule has 1 amide bonds. The van der Waals surface area contributed by atoms with Crippen molar-refractivity contribution >= 4 is 15.9 Å². The van der Waals surface area contributed by atoms with E-state index in [1.54, 1.807) is 12.1 Å². The number of nitrogens with zero attached hydrogens (tertiary/aromatic N) is 3. The van der Waals surface area contributed by atoms with Crippen molar-refractivity contribution in [2.75, 3.05) is 13.1 Å². The Morgan fingerprint density at radius 1 is 1.06 bits per heavy atom. The van der Waals surface area contributed by atoms with Crippen LogP contribution in [-0.4, -0.2) is 41.9 Å². The summed E-state index contributed by atoms with van der Waals surface area (Å²) in [6.45, 7) is 3.43. The highest BCUT2D eigenvalue weighted by molar-refractivity contribution is 7.89. The van der Waals surface area contributed by atoms with Gasteiger partial charge in [-0.05, 0) is 55.2 Å². The molecule has 0 unspecified atom stereocenters. The van der Waals surface area contributed by atoms with Gasteiger partial charge in [-0.15, -0.1) is 0 Å². The first-order valence-corrected chi connectivity index (χ1v) is 11.7. The van der Waals surface area contributed by atoms with Crippen LogP contribution in [0, 0.1) is 6.92 Å². The SMILES string of the molecule is Cc1ccccc1CNC(=O)c1nc(-c2ccc(S(=O)(=O)N3CCCCC3)cc2)no1. The van der Waals surface area contributed by atoms with Gasteiger partial charge in [-0.1, -0.05) is 35.8 Å². The molecule has 2 heterocycles. The van der Waals surface area contributed by atoms with Crippen molar-refractivity contribution in [3.05, 3.63) is 65.5 Å². The van der Waals surface area contributed by atoms with Crippen LogP contribution in [0.2, 0.25) is 0 Å². The predicted molar refractivity (Wildman–Crippen MR) is 115 cm³/mol. The number of hydrogen-bond donors (Lipinski definition) is 1. The number of rotatable bonds is 6. The molecule has 2 aromatic carbocycles. The number of hydrogen-bond acceptors (Lipinski definition) is 6. The number of piperidine rings is 1. The van der Waals surface area contributed by atoms with E-state index in [2.05, 4.69) is 15.5 Å². The minimum absolute atomic E-state index is 0.145. The minimum Gasteiger partial charge on any atom is -0.344 e. The van der Waals surface area contributed by atoms with Crippen LogP contribution < -0.4 is 5.32 Å². The van der Waals surface area contributed by atoms with Crippen molar-refractivity contribution in [2.45, 2.75) is 37.6 Å². The van der Waals surface area contributed by atoms with Gasteiger partial charge in [0, 0.05) is 25.2 Å². The van der Waals surface area contributed by atoms with Gasteiger partial charge in [0.15, 0.2) is 0 Å². The molecule has 0 bridgehead atoms. The molecule has 162 valence electrons. The summed E-state index contributed by atoms with van der Waals surface area (Å²) in [5.41, 5.74) is 2.65. The van der Waals surface area contributed by atoms with Crippen LogP contribution in [0.3, 0.4) is 0 Å². The average Bonchev–Trinajstić information content (AvgIpc) is 3.29. The van der Waals surface area contributed by atoms with Crippen LogP contribution in [0.15, 0.2) is 57.9 Å². The van der Waals surface area contributed by atoms with E-state index in [9.17, 15) is 13.2 Å². The molecule has 9 heteroatoms. The maximum atomic E-state index is 12.8. The molecule has 0 spiro atoms. The Balaban J connectivity index is 1.44. The standard InChI is InChI=1S/C22H24N4O4S/c1-16-7-3-4-8-18(16)15-23-21(27)22-24-20(25-30-22)17-9-11-19(12-10-17)31(28,29)26-13-5-2-6-14-26/h3-4,7-12H,2,5-6,13-15H2,1H3,(H,23,27). The van der Waals surface area contributed by atoms with Crippen molar-refractivity contribution < 1.29 is 17.7 Å². The van der Waals surface area contributed by atoms with Crippen LogP contribution in [0.1, 0.15) is 41.1 Å². The van der Waals surface area contributed by atoms with E-state index in [-0.39, 0.29) is 16.6 Å². The van der Waals surface area contributed by atoms with Gasteiger partial charge >= 0.3 is 11.8 Å². The lowest BCUT2D eigenvalue weighted by atomic mass is 10.1. The van der Waals surface area contributed by atoms with Crippen molar-refractivity contribution in [2.24, 2.45) is 0 Å². The zero-order chi connectivity index (χ0) is 21.8. The summed E-state index contributed by atoms with van der Waals surface area (Å²) in [5, 5.41) is 6.62. The predicted octanol–water partition coefficient (Wildman–Crippen LogP) is 3.15. The third-order valence-corrected chi connectivity index (χ3v) is 7.30. The van der Waals surface area contributed by atoms with Gasteiger partial charge in [0.25, 0.3) is 0 Å². The molecule has 1 saturated heterocycles. The van der Waals surface area contributed by atoms with Crippen LogP contribution in [0.25, 0.3) is 11.4 Å². The van der Waals surface area contributed by atoms with Crippen LogP contribution in [0.5, 0.6) is 0 Å². The number of amides is 1. The molecule has 0 saturated carbocycles. The van der Waals surface area contributed by atoms with Gasteiger partial charge in [0.05, 0.1) is 4.90 Å². The molecule has 1 N–H and O–H groups in total. The Bertz CT molecular complexity index is 1170. The highest BCUT2D eigenvalue weighted by Crippen LogP contribution is 2.23. The summed E-state index contributed by atoms with van der Waals surface area (Å²) in [5.74, 6) is -0.386. The Morgan fingerprint density at radius 2 is 1.77 bits per heavy atom. The maximum Gasteiger partial charge on any atom is 0.316 e. The van der Waals surface area contributed by atoms with Crippen LogP contribution in [0.4, 0.5) is 0 Å². The first kappa shape index (κ1) is 21.2. The summed E-state index contributed by atoms with van der Waals surface area (Å²) < 4.78 is 32.1. The fourth-order valence-electron chi connectivity index (χ4n) is 3.52. The van der Waals surface area contributed by atoms with E-state index < -0.39 is 15.9 Å². The fraction of sp³-hybridized carbons (Fsp3) is 0.318. The van der Waals surface area contributed by atoms with Crippen LogP contribution >= 0.6 is 0 Å². The number of aromatic nitrogens is 2. The summed E-state index contributed by atoms with van der Waals surface area (Å²) in [4.78, 5) is 16.7. The summed E-state index contributed by atoms with van der Waals surface area (Å²) in [6.07, 6.45) is 2.83. The molecule has 8 nitrogen and oxygen atoms in total. The number of carbonyl (C=O) groups is 1. The van der Waals surface area contributed by atoms with E-state index >= 15 is 0 Å². The molecular formula is C22H24N4O4S. The lowest BCUT2D eigenvalue weighted by Crippen LogP contribution is -2.35. The monoisotopic (exact) mass is 440 g/mol. The molecule has 0 radical (unpaired) electrons. The first-order chi connectivity index (χ1) is 14.9. The highest BCUT2D eigenvalue weighted by Gasteiger charge is 2.26. The van der Waals surface area contributed by atoms with E-state index in [1.807, 2.05) is 31.2 Å².